The lowest BCUT2D eigenvalue weighted by molar-refractivity contribution is -0.146. The first-order valence-electron chi connectivity index (χ1n) is 13.0. The van der Waals surface area contributed by atoms with E-state index < -0.39 is 0 Å². The molecule has 0 saturated heterocycles. The molecule has 0 spiro atoms. The summed E-state index contributed by atoms with van der Waals surface area (Å²) in [5, 5.41) is 0. The Morgan fingerprint density at radius 1 is 0.967 bits per heavy atom. The van der Waals surface area contributed by atoms with Gasteiger partial charge in [0.1, 0.15) is 6.10 Å². The van der Waals surface area contributed by atoms with Crippen LogP contribution in [0.1, 0.15) is 112 Å². The highest BCUT2D eigenvalue weighted by Gasteiger charge is 2.25. The summed E-state index contributed by atoms with van der Waals surface area (Å²) in [5.41, 5.74) is 0.622. The van der Waals surface area contributed by atoms with Crippen molar-refractivity contribution in [2.24, 2.45) is 17.8 Å². The first kappa shape index (κ1) is 27.2. The van der Waals surface area contributed by atoms with Crippen LogP contribution in [0, 0.1) is 17.8 Å². The predicted octanol–water partition coefficient (Wildman–Crippen LogP) is 7.40. The van der Waals surface area contributed by atoms with Crippen LogP contribution in [0.25, 0.3) is 0 Å². The normalized spacial score (nSPS) is 21.4. The first-order valence-corrected chi connectivity index (χ1v) is 13.0. The highest BCUT2D eigenvalue weighted by atomic mass is 16.5. The Hall–Kier alpha value is -0.830. The summed E-state index contributed by atoms with van der Waals surface area (Å²) in [6.45, 7) is 18.2. The second kappa shape index (κ2) is 15.9. The monoisotopic (exact) mass is 421 g/mol. The van der Waals surface area contributed by atoms with Crippen LogP contribution < -0.4 is 0 Å². The molecule has 0 aromatic carbocycles. The van der Waals surface area contributed by atoms with Gasteiger partial charge in [0.05, 0.1) is 0 Å². The van der Waals surface area contributed by atoms with E-state index in [0.29, 0.717) is 12.1 Å². The predicted molar refractivity (Wildman–Crippen MR) is 130 cm³/mol. The average molecular weight is 422 g/mol. The Morgan fingerprint density at radius 3 is 2.23 bits per heavy atom. The lowest BCUT2D eigenvalue weighted by atomic mass is 9.82. The Bertz CT molecular complexity index is 467. The molecule has 0 heterocycles. The standard InChI is InChI=1S/C27H51NO2/c1-7-10-20-28(19-8-2)21-24(6)27(29)30-26-17-15-25(16-18-26)14-13-23(5)12-11-22(4)9-3/h22-23,25-26H,6-21H2,1-5H3. The molecule has 0 radical (unpaired) electrons. The third-order valence-corrected chi connectivity index (χ3v) is 7.06. The van der Waals surface area contributed by atoms with Crippen LogP contribution in [-0.4, -0.2) is 36.6 Å². The van der Waals surface area contributed by atoms with E-state index in [2.05, 4.69) is 46.1 Å². The quantitative estimate of drug-likeness (QED) is 0.192. The van der Waals surface area contributed by atoms with Gasteiger partial charge in [-0.15, -0.1) is 0 Å². The maximum absolute atomic E-state index is 12.5. The van der Waals surface area contributed by atoms with E-state index in [9.17, 15) is 4.79 Å². The van der Waals surface area contributed by atoms with Crippen LogP contribution >= 0.6 is 0 Å². The van der Waals surface area contributed by atoms with Crippen LogP contribution in [0.2, 0.25) is 0 Å². The molecule has 0 aromatic heterocycles. The molecule has 1 aliphatic rings. The van der Waals surface area contributed by atoms with Crippen molar-refractivity contribution >= 4 is 5.97 Å². The molecular weight excluding hydrogens is 370 g/mol. The van der Waals surface area contributed by atoms with Crippen molar-refractivity contribution in [3.05, 3.63) is 12.2 Å². The highest BCUT2D eigenvalue weighted by molar-refractivity contribution is 5.88. The molecular formula is C27H51NO2. The molecule has 0 N–H and O–H groups in total. The molecule has 1 aliphatic carbocycles. The molecule has 3 nitrogen and oxygen atoms in total. The van der Waals surface area contributed by atoms with Gasteiger partial charge < -0.3 is 4.74 Å². The van der Waals surface area contributed by atoms with Gasteiger partial charge in [0.2, 0.25) is 0 Å². The second-order valence-corrected chi connectivity index (χ2v) is 10.1. The largest absolute Gasteiger partial charge is 0.459 e. The van der Waals surface area contributed by atoms with Crippen molar-refractivity contribution in [3.8, 4) is 0 Å². The lowest BCUT2D eigenvalue weighted by Crippen LogP contribution is -2.32. The van der Waals surface area contributed by atoms with Crippen molar-refractivity contribution in [2.45, 2.75) is 118 Å². The van der Waals surface area contributed by atoms with Crippen molar-refractivity contribution in [2.75, 3.05) is 19.6 Å². The van der Waals surface area contributed by atoms with Gasteiger partial charge in [-0.25, -0.2) is 4.79 Å². The van der Waals surface area contributed by atoms with Gasteiger partial charge in [0.25, 0.3) is 0 Å². The summed E-state index contributed by atoms with van der Waals surface area (Å²) in [4.78, 5) is 14.9. The van der Waals surface area contributed by atoms with E-state index in [1.165, 1.54) is 57.8 Å². The van der Waals surface area contributed by atoms with Gasteiger partial charge in [-0.05, 0) is 69.4 Å². The summed E-state index contributed by atoms with van der Waals surface area (Å²) < 4.78 is 5.82. The van der Waals surface area contributed by atoms with E-state index >= 15 is 0 Å². The smallest absolute Gasteiger partial charge is 0.334 e. The Morgan fingerprint density at radius 2 is 1.63 bits per heavy atom. The van der Waals surface area contributed by atoms with Crippen LogP contribution in [0.3, 0.4) is 0 Å². The molecule has 30 heavy (non-hydrogen) atoms. The zero-order chi connectivity index (χ0) is 22.4. The number of hydrogen-bond donors (Lipinski definition) is 0. The van der Waals surface area contributed by atoms with E-state index in [1.807, 2.05) is 0 Å². The minimum Gasteiger partial charge on any atom is -0.459 e. The van der Waals surface area contributed by atoms with Gasteiger partial charge in [-0.3, -0.25) is 4.90 Å². The van der Waals surface area contributed by atoms with Crippen molar-refractivity contribution in [1.29, 1.82) is 0 Å². The second-order valence-electron chi connectivity index (χ2n) is 10.1. The number of nitrogens with zero attached hydrogens (tertiary/aromatic N) is 1. The molecule has 2 atom stereocenters. The summed E-state index contributed by atoms with van der Waals surface area (Å²) in [6.07, 6.45) is 14.8. The minimum absolute atomic E-state index is 0.101. The fourth-order valence-electron chi connectivity index (χ4n) is 4.51. The summed E-state index contributed by atoms with van der Waals surface area (Å²) in [7, 11) is 0. The number of carbonyl (C=O) groups is 1. The Kier molecular flexibility index (Phi) is 14.4. The molecule has 0 amide bonds. The van der Waals surface area contributed by atoms with Crippen LogP contribution in [0.5, 0.6) is 0 Å². The van der Waals surface area contributed by atoms with Crippen molar-refractivity contribution in [3.63, 3.8) is 0 Å². The fourth-order valence-corrected chi connectivity index (χ4v) is 4.51. The van der Waals surface area contributed by atoms with Gasteiger partial charge in [-0.1, -0.05) is 79.7 Å². The maximum atomic E-state index is 12.5. The molecule has 2 unspecified atom stereocenters. The van der Waals surface area contributed by atoms with Gasteiger partial charge in [0, 0.05) is 12.1 Å². The zero-order valence-electron chi connectivity index (χ0n) is 20.9. The van der Waals surface area contributed by atoms with Gasteiger partial charge in [-0.2, -0.15) is 0 Å². The van der Waals surface area contributed by atoms with Crippen molar-refractivity contribution in [1.82, 2.24) is 4.90 Å². The average Bonchev–Trinajstić information content (AvgIpc) is 2.75. The topological polar surface area (TPSA) is 29.5 Å². The van der Waals surface area contributed by atoms with Crippen molar-refractivity contribution < 1.29 is 9.53 Å². The van der Waals surface area contributed by atoms with Crippen LogP contribution in [-0.2, 0) is 9.53 Å². The zero-order valence-corrected chi connectivity index (χ0v) is 20.9. The number of esters is 1. The minimum atomic E-state index is -0.172. The maximum Gasteiger partial charge on any atom is 0.334 e. The SMILES string of the molecule is C=C(CN(CCC)CCCC)C(=O)OC1CCC(CCC(C)CCC(C)CC)CC1. The molecule has 0 bridgehead atoms. The van der Waals surface area contributed by atoms with E-state index in [0.717, 1.165) is 50.1 Å². The molecule has 1 fully saturated rings. The Balaban J connectivity index is 2.26. The third kappa shape index (κ3) is 11.5. The van der Waals surface area contributed by atoms with E-state index in [4.69, 9.17) is 4.74 Å². The van der Waals surface area contributed by atoms with Gasteiger partial charge in [0.15, 0.2) is 0 Å². The fraction of sp³-hybridized carbons (Fsp3) is 0.889. The van der Waals surface area contributed by atoms with Crippen LogP contribution in [0.4, 0.5) is 0 Å². The molecule has 0 aromatic rings. The first-order chi connectivity index (χ1) is 14.4. The summed E-state index contributed by atoms with van der Waals surface area (Å²) in [6, 6.07) is 0. The molecule has 1 saturated carbocycles. The Labute approximate surface area is 188 Å². The lowest BCUT2D eigenvalue weighted by Gasteiger charge is -2.29. The number of unbranched alkanes of at least 4 members (excludes halogenated alkanes) is 1. The summed E-state index contributed by atoms with van der Waals surface area (Å²) in [5.74, 6) is 2.36. The summed E-state index contributed by atoms with van der Waals surface area (Å²) >= 11 is 0. The van der Waals surface area contributed by atoms with Gasteiger partial charge >= 0.3 is 5.97 Å². The van der Waals surface area contributed by atoms with E-state index in [-0.39, 0.29) is 12.1 Å². The number of ether oxygens (including phenoxy) is 1. The highest BCUT2D eigenvalue weighted by Crippen LogP contribution is 2.31. The number of carbonyl (C=O) groups excluding carboxylic acids is 1. The van der Waals surface area contributed by atoms with Crippen LogP contribution in [0.15, 0.2) is 12.2 Å². The molecule has 176 valence electrons. The number of rotatable bonds is 16. The molecule has 1 rings (SSSR count). The molecule has 3 heteroatoms. The third-order valence-electron chi connectivity index (χ3n) is 7.06. The molecule has 0 aliphatic heterocycles. The van der Waals surface area contributed by atoms with E-state index in [1.54, 1.807) is 0 Å². The number of hydrogen-bond acceptors (Lipinski definition) is 3.